The van der Waals surface area contributed by atoms with Crippen molar-refractivity contribution in [1.29, 1.82) is 0 Å². The van der Waals surface area contributed by atoms with Crippen LogP contribution in [0.25, 0.3) is 0 Å². The predicted molar refractivity (Wildman–Crippen MR) is 66.5 cm³/mol. The Bertz CT molecular complexity index is 290. The highest BCUT2D eigenvalue weighted by atomic mass is 16.6. The van der Waals surface area contributed by atoms with Crippen molar-refractivity contribution in [3.8, 4) is 0 Å². The van der Waals surface area contributed by atoms with Gasteiger partial charge in [-0.15, -0.1) is 0 Å². The average Bonchev–Trinajstić information content (AvgIpc) is 2.60. The van der Waals surface area contributed by atoms with Gasteiger partial charge in [0.15, 0.2) is 0 Å². The molecule has 1 saturated heterocycles. The number of ether oxygens (including phenoxy) is 1. The van der Waals surface area contributed by atoms with Crippen molar-refractivity contribution in [2.45, 2.75) is 70.4 Å². The Labute approximate surface area is 104 Å². The molecule has 1 heterocycles. The van der Waals surface area contributed by atoms with Crippen LogP contribution in [0, 0.1) is 0 Å². The first-order valence-electron chi connectivity index (χ1n) is 6.70. The van der Waals surface area contributed by atoms with Gasteiger partial charge in [0.2, 0.25) is 0 Å². The van der Waals surface area contributed by atoms with E-state index < -0.39 is 5.60 Å². The SMILES string of the molecule is CC(C)(C)OC(=O)N1NCCC12CCCCC2. The summed E-state index contributed by atoms with van der Waals surface area (Å²) in [5.74, 6) is 0. The van der Waals surface area contributed by atoms with Crippen LogP contribution in [0.4, 0.5) is 4.79 Å². The summed E-state index contributed by atoms with van der Waals surface area (Å²) in [6.45, 7) is 6.62. The molecule has 0 aromatic carbocycles. The lowest BCUT2D eigenvalue weighted by molar-refractivity contribution is -0.0135. The highest BCUT2D eigenvalue weighted by Crippen LogP contribution is 2.38. The van der Waals surface area contributed by atoms with Gasteiger partial charge in [-0.3, -0.25) is 0 Å². The van der Waals surface area contributed by atoms with E-state index in [0.29, 0.717) is 0 Å². The van der Waals surface area contributed by atoms with Crippen LogP contribution in [0.15, 0.2) is 0 Å². The molecule has 4 nitrogen and oxygen atoms in total. The molecule has 1 aliphatic heterocycles. The van der Waals surface area contributed by atoms with E-state index in [-0.39, 0.29) is 11.6 Å². The molecule has 1 N–H and O–H groups in total. The number of hydrazine groups is 1. The van der Waals surface area contributed by atoms with Crippen LogP contribution in [-0.2, 0) is 4.74 Å². The number of nitrogens with one attached hydrogen (secondary N) is 1. The standard InChI is InChI=1S/C13H24N2O2/c1-12(2,3)17-11(16)15-13(9-10-14-15)7-5-4-6-8-13/h14H,4-10H2,1-3H3. The zero-order valence-corrected chi connectivity index (χ0v) is 11.2. The Morgan fingerprint density at radius 3 is 2.41 bits per heavy atom. The fourth-order valence-corrected chi connectivity index (χ4v) is 2.93. The van der Waals surface area contributed by atoms with Gasteiger partial charge in [-0.1, -0.05) is 19.3 Å². The van der Waals surface area contributed by atoms with Gasteiger partial charge in [-0.05, 0) is 40.0 Å². The maximum Gasteiger partial charge on any atom is 0.425 e. The number of rotatable bonds is 0. The fraction of sp³-hybridized carbons (Fsp3) is 0.923. The third-order valence-electron chi connectivity index (χ3n) is 3.69. The second-order valence-electron chi connectivity index (χ2n) is 6.26. The number of carbonyl (C=O) groups is 1. The van der Waals surface area contributed by atoms with Crippen LogP contribution in [0.5, 0.6) is 0 Å². The first-order chi connectivity index (χ1) is 7.93. The molecular weight excluding hydrogens is 216 g/mol. The summed E-state index contributed by atoms with van der Waals surface area (Å²) in [7, 11) is 0. The lowest BCUT2D eigenvalue weighted by Crippen LogP contribution is -2.53. The highest BCUT2D eigenvalue weighted by molar-refractivity contribution is 5.69. The lowest BCUT2D eigenvalue weighted by Gasteiger charge is -2.40. The molecule has 98 valence electrons. The summed E-state index contributed by atoms with van der Waals surface area (Å²) < 4.78 is 5.47. The second kappa shape index (κ2) is 4.48. The first kappa shape index (κ1) is 12.7. The van der Waals surface area contributed by atoms with Crippen molar-refractivity contribution in [2.24, 2.45) is 0 Å². The summed E-state index contributed by atoms with van der Waals surface area (Å²) in [5.41, 5.74) is 2.81. The minimum atomic E-state index is -0.419. The smallest absolute Gasteiger partial charge is 0.425 e. The van der Waals surface area contributed by atoms with Crippen molar-refractivity contribution in [3.05, 3.63) is 0 Å². The molecule has 0 bridgehead atoms. The summed E-state index contributed by atoms with van der Waals surface area (Å²) in [4.78, 5) is 12.2. The molecule has 4 heteroatoms. The zero-order chi connectivity index (χ0) is 12.5. The molecule has 0 aromatic heterocycles. The number of hydrogen-bond donors (Lipinski definition) is 1. The minimum Gasteiger partial charge on any atom is -0.443 e. The maximum atomic E-state index is 12.2. The Morgan fingerprint density at radius 1 is 1.18 bits per heavy atom. The molecule has 2 fully saturated rings. The molecule has 17 heavy (non-hydrogen) atoms. The molecule has 0 radical (unpaired) electrons. The third kappa shape index (κ3) is 2.73. The Hall–Kier alpha value is -0.770. The highest BCUT2D eigenvalue weighted by Gasteiger charge is 2.45. The van der Waals surface area contributed by atoms with E-state index in [1.807, 2.05) is 20.8 Å². The normalized spacial score (nSPS) is 24.1. The van der Waals surface area contributed by atoms with Gasteiger partial charge in [0, 0.05) is 6.54 Å². The molecule has 1 saturated carbocycles. The third-order valence-corrected chi connectivity index (χ3v) is 3.69. The monoisotopic (exact) mass is 240 g/mol. The van der Waals surface area contributed by atoms with Gasteiger partial charge in [0.25, 0.3) is 0 Å². The molecule has 2 rings (SSSR count). The maximum absolute atomic E-state index is 12.2. The zero-order valence-electron chi connectivity index (χ0n) is 11.2. The molecule has 1 aliphatic carbocycles. The molecular formula is C13H24N2O2. The van der Waals surface area contributed by atoms with Crippen molar-refractivity contribution in [3.63, 3.8) is 0 Å². The van der Waals surface area contributed by atoms with Crippen LogP contribution in [0.3, 0.4) is 0 Å². The minimum absolute atomic E-state index is 0.0284. The second-order valence-corrected chi connectivity index (χ2v) is 6.26. The van der Waals surface area contributed by atoms with Crippen LogP contribution in [0.2, 0.25) is 0 Å². The number of nitrogens with zero attached hydrogens (tertiary/aromatic N) is 1. The first-order valence-corrected chi connectivity index (χ1v) is 6.70. The Morgan fingerprint density at radius 2 is 1.82 bits per heavy atom. The van der Waals surface area contributed by atoms with Crippen molar-refractivity contribution >= 4 is 6.09 Å². The predicted octanol–water partition coefficient (Wildman–Crippen LogP) is 2.83. The van der Waals surface area contributed by atoms with E-state index in [1.165, 1.54) is 19.3 Å². The quantitative estimate of drug-likeness (QED) is 0.708. The Balaban J connectivity index is 2.06. The van der Waals surface area contributed by atoms with E-state index in [4.69, 9.17) is 4.74 Å². The summed E-state index contributed by atoms with van der Waals surface area (Å²) in [6.07, 6.45) is 6.81. The Kier molecular flexibility index (Phi) is 3.34. The number of carbonyl (C=O) groups excluding carboxylic acids is 1. The molecule has 1 amide bonds. The number of amides is 1. The van der Waals surface area contributed by atoms with E-state index in [9.17, 15) is 4.79 Å². The van der Waals surface area contributed by atoms with Crippen molar-refractivity contribution < 1.29 is 9.53 Å². The van der Waals surface area contributed by atoms with Gasteiger partial charge >= 0.3 is 6.09 Å². The molecule has 1 spiro atoms. The van der Waals surface area contributed by atoms with Gasteiger partial charge in [0.05, 0.1) is 5.54 Å². The van der Waals surface area contributed by atoms with Gasteiger partial charge in [-0.2, -0.15) is 0 Å². The van der Waals surface area contributed by atoms with E-state index in [2.05, 4.69) is 5.43 Å². The summed E-state index contributed by atoms with van der Waals surface area (Å²) in [6, 6.07) is 0. The summed E-state index contributed by atoms with van der Waals surface area (Å²) in [5, 5.41) is 1.78. The van der Waals surface area contributed by atoms with Crippen molar-refractivity contribution in [2.75, 3.05) is 6.54 Å². The topological polar surface area (TPSA) is 41.6 Å². The largest absolute Gasteiger partial charge is 0.443 e. The van der Waals surface area contributed by atoms with Crippen LogP contribution < -0.4 is 5.43 Å². The molecule has 0 aromatic rings. The van der Waals surface area contributed by atoms with E-state index in [1.54, 1.807) is 5.01 Å². The van der Waals surface area contributed by atoms with Crippen LogP contribution in [-0.4, -0.2) is 28.8 Å². The molecule has 0 unspecified atom stereocenters. The fourth-order valence-electron chi connectivity index (χ4n) is 2.93. The van der Waals surface area contributed by atoms with E-state index in [0.717, 1.165) is 25.8 Å². The van der Waals surface area contributed by atoms with Crippen LogP contribution >= 0.6 is 0 Å². The van der Waals surface area contributed by atoms with Crippen LogP contribution in [0.1, 0.15) is 59.3 Å². The van der Waals surface area contributed by atoms with Gasteiger partial charge < -0.3 is 4.74 Å². The molecule has 0 atom stereocenters. The lowest BCUT2D eigenvalue weighted by atomic mass is 9.80. The number of hydrogen-bond acceptors (Lipinski definition) is 3. The molecule has 2 aliphatic rings. The summed E-state index contributed by atoms with van der Waals surface area (Å²) >= 11 is 0. The average molecular weight is 240 g/mol. The van der Waals surface area contributed by atoms with Gasteiger partial charge in [-0.25, -0.2) is 15.2 Å². The van der Waals surface area contributed by atoms with Crippen molar-refractivity contribution in [1.82, 2.24) is 10.4 Å². The van der Waals surface area contributed by atoms with E-state index >= 15 is 0 Å². The van der Waals surface area contributed by atoms with Gasteiger partial charge in [0.1, 0.15) is 5.60 Å².